The average molecular weight is 603 g/mol. The summed E-state index contributed by atoms with van der Waals surface area (Å²) in [5.41, 5.74) is 5.54. The van der Waals surface area contributed by atoms with E-state index in [0.717, 1.165) is 65.5 Å². The molecule has 0 radical (unpaired) electrons. The van der Waals surface area contributed by atoms with Gasteiger partial charge in [0.25, 0.3) is 0 Å². The van der Waals surface area contributed by atoms with Gasteiger partial charge in [-0.25, -0.2) is 15.0 Å². The van der Waals surface area contributed by atoms with Gasteiger partial charge in [-0.2, -0.15) is 0 Å². The molecule has 0 atom stereocenters. The highest BCUT2D eigenvalue weighted by atomic mass is 16.3. The lowest BCUT2D eigenvalue weighted by atomic mass is 9.87. The van der Waals surface area contributed by atoms with Gasteiger partial charge in [-0.3, -0.25) is 4.98 Å². The zero-order valence-corrected chi connectivity index (χ0v) is 25.2. The summed E-state index contributed by atoms with van der Waals surface area (Å²) in [5, 5.41) is 18.3. The molecule has 2 aromatic heterocycles. The molecular weight excluding hydrogens is 576 g/mol. The summed E-state index contributed by atoms with van der Waals surface area (Å²) in [7, 11) is 0. The van der Waals surface area contributed by atoms with Crippen LogP contribution >= 0.6 is 0 Å². The molecule has 9 rings (SSSR count). The van der Waals surface area contributed by atoms with Crippen LogP contribution in [-0.4, -0.2) is 25.0 Å². The number of hydrogen-bond acceptors (Lipinski definition) is 5. The number of nitrogens with zero attached hydrogens (tertiary/aromatic N) is 4. The standard InChI is InChI=1S/C42H26N4O/c47-37-23-22-32(34-19-10-24-43-39(34)37)38-29-16-8-7-15-28(29)25-36-30-17-9-18-35(31(30)20-21-33(36)38)42-45-40(26-11-3-1-4-12-26)44-41(46-42)27-13-5-2-6-14-27/h1-25,47H. The van der Waals surface area contributed by atoms with Gasteiger partial charge in [0.15, 0.2) is 17.5 Å². The number of phenolic OH excluding ortho intramolecular Hbond substituents is 1. The van der Waals surface area contributed by atoms with Crippen molar-refractivity contribution in [2.45, 2.75) is 0 Å². The third-order valence-corrected chi connectivity index (χ3v) is 8.86. The third-order valence-electron chi connectivity index (χ3n) is 8.86. The molecule has 0 spiro atoms. The molecule has 0 bridgehead atoms. The highest BCUT2D eigenvalue weighted by Gasteiger charge is 2.18. The molecule has 0 unspecified atom stereocenters. The van der Waals surface area contributed by atoms with E-state index in [1.165, 1.54) is 0 Å². The van der Waals surface area contributed by atoms with E-state index in [1.54, 1.807) is 12.3 Å². The highest BCUT2D eigenvalue weighted by Crippen LogP contribution is 2.44. The second-order valence-electron chi connectivity index (χ2n) is 11.6. The fourth-order valence-electron chi connectivity index (χ4n) is 6.70. The molecule has 47 heavy (non-hydrogen) atoms. The van der Waals surface area contributed by atoms with Gasteiger partial charge in [0.2, 0.25) is 0 Å². The fraction of sp³-hybridized carbons (Fsp3) is 0. The summed E-state index contributed by atoms with van der Waals surface area (Å²) in [6.07, 6.45) is 1.72. The Labute approximate surface area is 270 Å². The van der Waals surface area contributed by atoms with E-state index in [9.17, 15) is 5.11 Å². The lowest BCUT2D eigenvalue weighted by Gasteiger charge is -2.17. The highest BCUT2D eigenvalue weighted by molar-refractivity contribution is 6.23. The van der Waals surface area contributed by atoms with Crippen molar-refractivity contribution in [1.82, 2.24) is 19.9 Å². The molecule has 0 saturated carbocycles. The normalized spacial score (nSPS) is 11.5. The van der Waals surface area contributed by atoms with E-state index < -0.39 is 0 Å². The Kier molecular flexibility index (Phi) is 6.22. The molecule has 0 amide bonds. The first-order chi connectivity index (χ1) is 23.2. The quantitative estimate of drug-likeness (QED) is 0.160. The first kappa shape index (κ1) is 26.9. The maximum atomic E-state index is 10.7. The average Bonchev–Trinajstić information content (AvgIpc) is 3.14. The summed E-state index contributed by atoms with van der Waals surface area (Å²) in [6.45, 7) is 0. The van der Waals surface area contributed by atoms with Crippen LogP contribution in [0, 0.1) is 0 Å². The monoisotopic (exact) mass is 602 g/mol. The van der Waals surface area contributed by atoms with Gasteiger partial charge < -0.3 is 5.11 Å². The topological polar surface area (TPSA) is 71.8 Å². The van der Waals surface area contributed by atoms with E-state index >= 15 is 0 Å². The van der Waals surface area contributed by atoms with Crippen molar-refractivity contribution in [3.05, 3.63) is 152 Å². The number of hydrogen-bond donors (Lipinski definition) is 1. The largest absolute Gasteiger partial charge is 0.506 e. The van der Waals surface area contributed by atoms with Crippen LogP contribution in [-0.2, 0) is 0 Å². The molecule has 2 heterocycles. The molecule has 220 valence electrons. The van der Waals surface area contributed by atoms with Gasteiger partial charge in [0, 0.05) is 28.3 Å². The van der Waals surface area contributed by atoms with Crippen molar-refractivity contribution in [2.24, 2.45) is 0 Å². The summed E-state index contributed by atoms with van der Waals surface area (Å²) >= 11 is 0. The molecule has 0 aliphatic carbocycles. The van der Waals surface area contributed by atoms with E-state index in [-0.39, 0.29) is 5.75 Å². The Hall–Kier alpha value is -6.46. The molecule has 5 heteroatoms. The molecular formula is C42H26N4O. The minimum Gasteiger partial charge on any atom is -0.506 e. The van der Waals surface area contributed by atoms with Crippen LogP contribution in [0.25, 0.3) is 88.5 Å². The van der Waals surface area contributed by atoms with Crippen LogP contribution in [0.2, 0.25) is 0 Å². The van der Waals surface area contributed by atoms with Gasteiger partial charge in [-0.05, 0) is 67.7 Å². The van der Waals surface area contributed by atoms with E-state index in [4.69, 9.17) is 15.0 Å². The predicted octanol–water partition coefficient (Wildman–Crippen LogP) is 10.3. The van der Waals surface area contributed by atoms with Gasteiger partial charge in [-0.15, -0.1) is 0 Å². The number of phenols is 1. The number of benzene rings is 7. The van der Waals surface area contributed by atoms with Crippen LogP contribution in [0.15, 0.2) is 152 Å². The molecule has 1 N–H and O–H groups in total. The van der Waals surface area contributed by atoms with Crippen molar-refractivity contribution in [3.8, 4) is 51.0 Å². The first-order valence-electron chi connectivity index (χ1n) is 15.5. The van der Waals surface area contributed by atoms with Crippen molar-refractivity contribution in [3.63, 3.8) is 0 Å². The smallest absolute Gasteiger partial charge is 0.164 e. The molecule has 0 aliphatic rings. The van der Waals surface area contributed by atoms with Crippen LogP contribution in [0.1, 0.15) is 0 Å². The van der Waals surface area contributed by atoms with Gasteiger partial charge >= 0.3 is 0 Å². The van der Waals surface area contributed by atoms with E-state index in [0.29, 0.717) is 23.0 Å². The summed E-state index contributed by atoms with van der Waals surface area (Å²) in [6, 6.07) is 49.3. The van der Waals surface area contributed by atoms with E-state index in [2.05, 4.69) is 65.6 Å². The summed E-state index contributed by atoms with van der Waals surface area (Å²) < 4.78 is 0. The minimum absolute atomic E-state index is 0.172. The second kappa shape index (κ2) is 10.9. The van der Waals surface area contributed by atoms with Crippen LogP contribution < -0.4 is 0 Å². The fourth-order valence-corrected chi connectivity index (χ4v) is 6.70. The van der Waals surface area contributed by atoms with Gasteiger partial charge in [-0.1, -0.05) is 121 Å². The van der Waals surface area contributed by atoms with Crippen molar-refractivity contribution in [1.29, 1.82) is 0 Å². The lowest BCUT2D eigenvalue weighted by Crippen LogP contribution is -2.00. The number of aromatic nitrogens is 4. The zero-order chi connectivity index (χ0) is 31.3. The van der Waals surface area contributed by atoms with Crippen molar-refractivity contribution in [2.75, 3.05) is 0 Å². The van der Waals surface area contributed by atoms with Crippen LogP contribution in [0.4, 0.5) is 0 Å². The van der Waals surface area contributed by atoms with Crippen LogP contribution in [0.3, 0.4) is 0 Å². The molecule has 5 nitrogen and oxygen atoms in total. The number of fused-ring (bicyclic) bond motifs is 5. The number of rotatable bonds is 4. The lowest BCUT2D eigenvalue weighted by molar-refractivity contribution is 0.480. The Bertz CT molecular complexity index is 2580. The zero-order valence-electron chi connectivity index (χ0n) is 25.2. The number of aromatic hydroxyl groups is 1. The molecule has 0 fully saturated rings. The summed E-state index contributed by atoms with van der Waals surface area (Å²) in [5.74, 6) is 2.06. The molecule has 0 aliphatic heterocycles. The van der Waals surface area contributed by atoms with Crippen molar-refractivity contribution < 1.29 is 5.11 Å². The molecule has 9 aromatic rings. The van der Waals surface area contributed by atoms with Gasteiger partial charge in [0.05, 0.1) is 0 Å². The molecule has 7 aromatic carbocycles. The summed E-state index contributed by atoms with van der Waals surface area (Å²) in [4.78, 5) is 19.5. The maximum Gasteiger partial charge on any atom is 0.164 e. The van der Waals surface area contributed by atoms with Crippen LogP contribution in [0.5, 0.6) is 5.75 Å². The predicted molar refractivity (Wildman–Crippen MR) is 191 cm³/mol. The Morgan fingerprint density at radius 3 is 1.81 bits per heavy atom. The Morgan fingerprint density at radius 1 is 0.404 bits per heavy atom. The van der Waals surface area contributed by atoms with Crippen molar-refractivity contribution >= 4 is 43.2 Å². The SMILES string of the molecule is Oc1ccc(-c2c3ccccc3cc3c2ccc2c(-c4nc(-c5ccccc5)nc(-c5ccccc5)n4)cccc23)c2cccnc12. The maximum absolute atomic E-state index is 10.7. The Balaban J connectivity index is 1.33. The van der Waals surface area contributed by atoms with Gasteiger partial charge in [0.1, 0.15) is 11.3 Å². The Morgan fingerprint density at radius 2 is 1.04 bits per heavy atom. The minimum atomic E-state index is 0.172. The molecule has 0 saturated heterocycles. The second-order valence-corrected chi connectivity index (χ2v) is 11.6. The first-order valence-corrected chi connectivity index (χ1v) is 15.5. The van der Waals surface area contributed by atoms with E-state index in [1.807, 2.05) is 78.9 Å². The third kappa shape index (κ3) is 4.48. The number of pyridine rings is 1.